The van der Waals surface area contributed by atoms with E-state index in [1.54, 1.807) is 18.3 Å². The highest BCUT2D eigenvalue weighted by atomic mass is 19.1. The highest BCUT2D eigenvalue weighted by Gasteiger charge is 2.30. The molecule has 0 saturated heterocycles. The maximum absolute atomic E-state index is 13.4. The summed E-state index contributed by atoms with van der Waals surface area (Å²) in [6.45, 7) is 4.13. The molecule has 1 aliphatic heterocycles. The van der Waals surface area contributed by atoms with Crippen molar-refractivity contribution >= 4 is 17.6 Å². The highest BCUT2D eigenvalue weighted by Crippen LogP contribution is 2.29. The molecule has 1 aliphatic rings. The van der Waals surface area contributed by atoms with Gasteiger partial charge in [0.2, 0.25) is 0 Å². The van der Waals surface area contributed by atoms with Crippen molar-refractivity contribution in [3.63, 3.8) is 0 Å². The number of nitrogens with one attached hydrogen (secondary N) is 2. The van der Waals surface area contributed by atoms with E-state index >= 15 is 0 Å². The normalized spacial score (nSPS) is 15.5. The number of anilines is 1. The van der Waals surface area contributed by atoms with Crippen LogP contribution in [0.25, 0.3) is 11.1 Å². The van der Waals surface area contributed by atoms with Crippen LogP contribution in [0.15, 0.2) is 71.3 Å². The largest absolute Gasteiger partial charge is 0.327 e. The van der Waals surface area contributed by atoms with Crippen LogP contribution in [0.5, 0.6) is 0 Å². The van der Waals surface area contributed by atoms with E-state index in [-0.39, 0.29) is 17.2 Å². The number of amides is 3. The Morgan fingerprint density at radius 2 is 1.88 bits per heavy atom. The van der Waals surface area contributed by atoms with Gasteiger partial charge in [0.1, 0.15) is 5.82 Å². The van der Waals surface area contributed by atoms with Crippen LogP contribution in [0, 0.1) is 12.7 Å². The zero-order valence-corrected chi connectivity index (χ0v) is 19.0. The predicted molar refractivity (Wildman–Crippen MR) is 126 cm³/mol. The van der Waals surface area contributed by atoms with Crippen LogP contribution in [-0.4, -0.2) is 33.7 Å². The zero-order chi connectivity index (χ0) is 24.4. The lowest BCUT2D eigenvalue weighted by atomic mass is 9.96. The lowest BCUT2D eigenvalue weighted by molar-refractivity contribution is -0.113. The molecule has 0 aliphatic carbocycles. The number of urea groups is 1. The number of aryl methyl sites for hydroxylation is 2. The first-order chi connectivity index (χ1) is 16.3. The van der Waals surface area contributed by atoms with Gasteiger partial charge in [-0.2, -0.15) is 5.10 Å². The molecule has 8 nitrogen and oxygen atoms in total. The van der Waals surface area contributed by atoms with Crippen molar-refractivity contribution in [3.8, 4) is 11.1 Å². The third-order valence-electron chi connectivity index (χ3n) is 5.71. The molecule has 2 aromatic carbocycles. The van der Waals surface area contributed by atoms with Crippen LogP contribution in [0.1, 0.15) is 24.1 Å². The molecule has 0 fully saturated rings. The summed E-state index contributed by atoms with van der Waals surface area (Å²) in [5.74, 6) is -0.842. The Morgan fingerprint density at radius 3 is 2.59 bits per heavy atom. The zero-order valence-electron chi connectivity index (χ0n) is 19.0. The minimum atomic E-state index is -0.746. The SMILES string of the molecule is CCn1nccc(-c2ccc(C)c(NC(=O)C3=CN(C)C(=O)NC3c3ccc(F)cc3)c2)c1=O. The van der Waals surface area contributed by atoms with Crippen LogP contribution in [0.2, 0.25) is 0 Å². The van der Waals surface area contributed by atoms with Crippen LogP contribution in [0.3, 0.4) is 0 Å². The Labute approximate surface area is 195 Å². The van der Waals surface area contributed by atoms with Crippen molar-refractivity contribution in [1.82, 2.24) is 20.0 Å². The van der Waals surface area contributed by atoms with Gasteiger partial charge < -0.3 is 15.5 Å². The number of aromatic nitrogens is 2. The molecule has 0 radical (unpaired) electrons. The van der Waals surface area contributed by atoms with Gasteiger partial charge in [0.05, 0.1) is 17.2 Å². The molecule has 2 N–H and O–H groups in total. The fraction of sp³-hybridized carbons (Fsp3) is 0.200. The molecule has 4 rings (SSSR count). The second-order valence-corrected chi connectivity index (χ2v) is 7.98. The fourth-order valence-electron chi connectivity index (χ4n) is 3.77. The lowest BCUT2D eigenvalue weighted by Gasteiger charge is -2.30. The van der Waals surface area contributed by atoms with Gasteiger partial charge in [-0.25, -0.2) is 13.9 Å². The molecule has 9 heteroatoms. The van der Waals surface area contributed by atoms with Crippen molar-refractivity contribution in [2.75, 3.05) is 12.4 Å². The summed E-state index contributed by atoms with van der Waals surface area (Å²) < 4.78 is 14.8. The molecule has 0 bridgehead atoms. The van der Waals surface area contributed by atoms with Gasteiger partial charge in [-0.3, -0.25) is 9.59 Å². The summed E-state index contributed by atoms with van der Waals surface area (Å²) in [5.41, 5.74) is 3.09. The number of nitrogens with zero attached hydrogens (tertiary/aromatic N) is 3. The van der Waals surface area contributed by atoms with Crippen molar-refractivity contribution in [2.24, 2.45) is 0 Å². The Kier molecular flexibility index (Phi) is 6.27. The second kappa shape index (κ2) is 9.30. The topological polar surface area (TPSA) is 96.3 Å². The van der Waals surface area contributed by atoms with Crippen LogP contribution < -0.4 is 16.2 Å². The average Bonchev–Trinajstić information content (AvgIpc) is 2.82. The Hall–Kier alpha value is -4.27. The summed E-state index contributed by atoms with van der Waals surface area (Å²) in [4.78, 5) is 39.5. The van der Waals surface area contributed by atoms with E-state index in [0.29, 0.717) is 28.9 Å². The first-order valence-electron chi connectivity index (χ1n) is 10.8. The van der Waals surface area contributed by atoms with Crippen LogP contribution >= 0.6 is 0 Å². The van der Waals surface area contributed by atoms with E-state index in [1.807, 2.05) is 26.0 Å². The molecule has 1 unspecified atom stereocenters. The van der Waals surface area contributed by atoms with E-state index < -0.39 is 17.8 Å². The summed E-state index contributed by atoms with van der Waals surface area (Å²) in [6, 6.07) is 11.5. The molecule has 34 heavy (non-hydrogen) atoms. The third kappa shape index (κ3) is 4.45. The van der Waals surface area contributed by atoms with Gasteiger partial charge in [0.25, 0.3) is 11.5 Å². The van der Waals surface area contributed by atoms with Gasteiger partial charge >= 0.3 is 6.03 Å². The predicted octanol–water partition coefficient (Wildman–Crippen LogP) is 3.60. The first kappa shape index (κ1) is 22.9. The molecular formula is C25H24FN5O3. The molecule has 174 valence electrons. The Bertz CT molecular complexity index is 1350. The maximum Gasteiger partial charge on any atom is 0.321 e. The number of hydrogen-bond acceptors (Lipinski definition) is 4. The highest BCUT2D eigenvalue weighted by molar-refractivity contribution is 6.06. The fourth-order valence-corrected chi connectivity index (χ4v) is 3.77. The molecular weight excluding hydrogens is 437 g/mol. The number of rotatable bonds is 5. The van der Waals surface area contributed by atoms with Gasteiger partial charge in [0, 0.05) is 31.7 Å². The standard InChI is InChI=1S/C25H24FN5O3/c1-4-31-24(33)19(11-12-27-31)17-6-5-15(2)21(13-17)28-23(32)20-14-30(3)25(34)29-22(20)16-7-9-18(26)10-8-16/h5-14,22H,4H2,1-3H3,(H,28,32)(H,29,34). The quantitative estimate of drug-likeness (QED) is 0.607. The summed E-state index contributed by atoms with van der Waals surface area (Å²) in [7, 11) is 1.54. The van der Waals surface area contributed by atoms with Gasteiger partial charge in [-0.05, 0) is 54.8 Å². The molecule has 0 saturated carbocycles. The number of carbonyl (C=O) groups excluding carboxylic acids is 2. The molecule has 3 amide bonds. The molecule has 0 spiro atoms. The van der Waals surface area contributed by atoms with Crippen molar-refractivity contribution < 1.29 is 14.0 Å². The van der Waals surface area contributed by atoms with E-state index in [1.165, 1.54) is 47.1 Å². The minimum Gasteiger partial charge on any atom is -0.327 e. The van der Waals surface area contributed by atoms with Gasteiger partial charge in [0.15, 0.2) is 0 Å². The second-order valence-electron chi connectivity index (χ2n) is 7.98. The molecule has 2 heterocycles. The smallest absolute Gasteiger partial charge is 0.321 e. The molecule has 3 aromatic rings. The summed E-state index contributed by atoms with van der Waals surface area (Å²) in [6.07, 6.45) is 3.03. The minimum absolute atomic E-state index is 0.221. The molecule has 1 aromatic heterocycles. The maximum atomic E-state index is 13.4. The number of hydrogen-bond donors (Lipinski definition) is 2. The summed E-state index contributed by atoms with van der Waals surface area (Å²) >= 11 is 0. The van der Waals surface area contributed by atoms with E-state index in [9.17, 15) is 18.8 Å². The monoisotopic (exact) mass is 461 g/mol. The van der Waals surface area contributed by atoms with E-state index in [0.717, 1.165) is 5.56 Å². The van der Waals surface area contributed by atoms with Gasteiger partial charge in [-0.1, -0.05) is 24.3 Å². The lowest BCUT2D eigenvalue weighted by Crippen LogP contribution is -2.44. The van der Waals surface area contributed by atoms with Crippen molar-refractivity contribution in [1.29, 1.82) is 0 Å². The summed E-state index contributed by atoms with van der Waals surface area (Å²) in [5, 5.41) is 9.73. The third-order valence-corrected chi connectivity index (χ3v) is 5.71. The first-order valence-corrected chi connectivity index (χ1v) is 10.8. The number of benzene rings is 2. The van der Waals surface area contributed by atoms with E-state index in [2.05, 4.69) is 15.7 Å². The Balaban J connectivity index is 1.68. The van der Waals surface area contributed by atoms with E-state index in [4.69, 9.17) is 0 Å². The van der Waals surface area contributed by atoms with Crippen molar-refractivity contribution in [3.05, 3.63) is 93.8 Å². The van der Waals surface area contributed by atoms with Crippen molar-refractivity contribution in [2.45, 2.75) is 26.4 Å². The Morgan fingerprint density at radius 1 is 1.15 bits per heavy atom. The van der Waals surface area contributed by atoms with Crippen LogP contribution in [0.4, 0.5) is 14.9 Å². The number of halogens is 1. The molecule has 1 atom stereocenters. The number of carbonyl (C=O) groups is 2. The van der Waals surface area contributed by atoms with Gasteiger partial charge in [-0.15, -0.1) is 0 Å². The average molecular weight is 461 g/mol. The van der Waals surface area contributed by atoms with Crippen LogP contribution in [-0.2, 0) is 11.3 Å².